The van der Waals surface area contributed by atoms with Gasteiger partial charge in [0.1, 0.15) is 0 Å². The van der Waals surface area contributed by atoms with Gasteiger partial charge in [-0.05, 0) is 55.9 Å². The van der Waals surface area contributed by atoms with Gasteiger partial charge in [0.25, 0.3) is 0 Å². The van der Waals surface area contributed by atoms with E-state index < -0.39 is 0 Å². The summed E-state index contributed by atoms with van der Waals surface area (Å²) in [5, 5.41) is 0. The highest BCUT2D eigenvalue weighted by Gasteiger charge is 2.35. The van der Waals surface area contributed by atoms with Crippen molar-refractivity contribution in [3.63, 3.8) is 0 Å². The van der Waals surface area contributed by atoms with Crippen LogP contribution in [0.2, 0.25) is 0 Å². The minimum absolute atomic E-state index is 0.773. The molecule has 94 valence electrons. The van der Waals surface area contributed by atoms with Crippen molar-refractivity contribution in [3.8, 4) is 0 Å². The average molecular weight is 225 g/mol. The summed E-state index contributed by atoms with van der Waals surface area (Å²) in [5.41, 5.74) is 5.95. The number of rotatable bonds is 3. The second-order valence-corrected chi connectivity index (χ2v) is 5.72. The molecule has 4 atom stereocenters. The Morgan fingerprint density at radius 2 is 2.12 bits per heavy atom. The molecule has 0 spiro atoms. The molecule has 0 radical (unpaired) electrons. The van der Waals surface area contributed by atoms with E-state index in [9.17, 15) is 0 Å². The molecule has 0 amide bonds. The second-order valence-electron chi connectivity index (χ2n) is 5.72. The van der Waals surface area contributed by atoms with Crippen molar-refractivity contribution in [3.05, 3.63) is 0 Å². The zero-order valence-corrected chi connectivity index (χ0v) is 10.7. The smallest absolute Gasteiger partial charge is 0.0497 e. The van der Waals surface area contributed by atoms with Crippen LogP contribution in [-0.4, -0.2) is 19.8 Å². The maximum atomic E-state index is 5.95. The van der Waals surface area contributed by atoms with Crippen molar-refractivity contribution >= 4 is 0 Å². The largest absolute Gasteiger partial charge is 0.381 e. The molecule has 1 heterocycles. The SMILES string of the molecule is CCC1CCC(CN)C(C2CCCOC2)C1. The molecule has 1 aliphatic heterocycles. The molecular weight excluding hydrogens is 198 g/mol. The van der Waals surface area contributed by atoms with Crippen LogP contribution >= 0.6 is 0 Å². The molecule has 2 rings (SSSR count). The maximum absolute atomic E-state index is 5.95. The van der Waals surface area contributed by atoms with Crippen molar-refractivity contribution in [1.29, 1.82) is 0 Å². The molecule has 4 unspecified atom stereocenters. The summed E-state index contributed by atoms with van der Waals surface area (Å²) in [6.07, 6.45) is 8.15. The molecule has 1 saturated carbocycles. The van der Waals surface area contributed by atoms with Gasteiger partial charge in [-0.3, -0.25) is 0 Å². The third-order valence-corrected chi connectivity index (χ3v) is 4.84. The first-order chi connectivity index (χ1) is 7.85. The Balaban J connectivity index is 1.95. The molecule has 2 heteroatoms. The van der Waals surface area contributed by atoms with Crippen LogP contribution in [0.25, 0.3) is 0 Å². The van der Waals surface area contributed by atoms with Gasteiger partial charge in [0.15, 0.2) is 0 Å². The van der Waals surface area contributed by atoms with Crippen molar-refractivity contribution in [1.82, 2.24) is 0 Å². The highest BCUT2D eigenvalue weighted by atomic mass is 16.5. The zero-order chi connectivity index (χ0) is 11.4. The van der Waals surface area contributed by atoms with E-state index in [-0.39, 0.29) is 0 Å². The van der Waals surface area contributed by atoms with Gasteiger partial charge in [-0.1, -0.05) is 19.8 Å². The summed E-state index contributed by atoms with van der Waals surface area (Å²) in [4.78, 5) is 0. The fourth-order valence-electron chi connectivity index (χ4n) is 3.70. The van der Waals surface area contributed by atoms with E-state index in [2.05, 4.69) is 6.92 Å². The standard InChI is InChI=1S/C14H27NO/c1-2-11-5-6-12(9-15)14(8-11)13-4-3-7-16-10-13/h11-14H,2-10,15H2,1H3. The number of hydrogen-bond donors (Lipinski definition) is 1. The van der Waals surface area contributed by atoms with Gasteiger partial charge in [0.2, 0.25) is 0 Å². The molecule has 2 N–H and O–H groups in total. The lowest BCUT2D eigenvalue weighted by Gasteiger charge is -2.41. The second kappa shape index (κ2) is 6.02. The monoisotopic (exact) mass is 225 g/mol. The fraction of sp³-hybridized carbons (Fsp3) is 1.00. The molecule has 2 nitrogen and oxygen atoms in total. The van der Waals surface area contributed by atoms with Crippen molar-refractivity contribution in [2.75, 3.05) is 19.8 Å². The highest BCUT2D eigenvalue weighted by molar-refractivity contribution is 4.85. The summed E-state index contributed by atoms with van der Waals surface area (Å²) in [5.74, 6) is 3.38. The Morgan fingerprint density at radius 3 is 2.75 bits per heavy atom. The van der Waals surface area contributed by atoms with Gasteiger partial charge in [-0.25, -0.2) is 0 Å². The van der Waals surface area contributed by atoms with E-state index in [0.29, 0.717) is 0 Å². The molecule has 0 aromatic carbocycles. The Kier molecular flexibility index (Phi) is 4.66. The van der Waals surface area contributed by atoms with Gasteiger partial charge in [-0.2, -0.15) is 0 Å². The molecule has 1 saturated heterocycles. The summed E-state index contributed by atoms with van der Waals surface area (Å²) in [6, 6.07) is 0. The Morgan fingerprint density at radius 1 is 1.25 bits per heavy atom. The maximum Gasteiger partial charge on any atom is 0.0497 e. The Bertz CT molecular complexity index is 201. The lowest BCUT2D eigenvalue weighted by molar-refractivity contribution is -0.00165. The fourth-order valence-corrected chi connectivity index (χ4v) is 3.70. The molecule has 0 aromatic heterocycles. The predicted octanol–water partition coefficient (Wildman–Crippen LogP) is 2.81. The lowest BCUT2D eigenvalue weighted by Crippen LogP contribution is -2.38. The highest BCUT2D eigenvalue weighted by Crippen LogP contribution is 2.41. The van der Waals surface area contributed by atoms with E-state index in [1.807, 2.05) is 0 Å². The van der Waals surface area contributed by atoms with Crippen LogP contribution in [-0.2, 0) is 4.74 Å². The van der Waals surface area contributed by atoms with Crippen molar-refractivity contribution < 1.29 is 4.74 Å². The van der Waals surface area contributed by atoms with Gasteiger partial charge >= 0.3 is 0 Å². The van der Waals surface area contributed by atoms with Gasteiger partial charge < -0.3 is 10.5 Å². The van der Waals surface area contributed by atoms with Gasteiger partial charge in [0, 0.05) is 13.2 Å². The first-order valence-corrected chi connectivity index (χ1v) is 7.13. The average Bonchev–Trinajstić information content (AvgIpc) is 2.39. The third-order valence-electron chi connectivity index (χ3n) is 4.84. The van der Waals surface area contributed by atoms with E-state index in [4.69, 9.17) is 10.5 Å². The minimum Gasteiger partial charge on any atom is -0.381 e. The Labute approximate surface area is 99.9 Å². The summed E-state index contributed by atoms with van der Waals surface area (Å²) in [7, 11) is 0. The minimum atomic E-state index is 0.773. The summed E-state index contributed by atoms with van der Waals surface area (Å²) in [6.45, 7) is 5.20. The number of ether oxygens (including phenoxy) is 1. The van der Waals surface area contributed by atoms with Crippen LogP contribution in [0.4, 0.5) is 0 Å². The van der Waals surface area contributed by atoms with Crippen LogP contribution < -0.4 is 5.73 Å². The molecule has 0 bridgehead atoms. The van der Waals surface area contributed by atoms with Crippen LogP contribution in [0.5, 0.6) is 0 Å². The molecule has 2 aliphatic rings. The summed E-state index contributed by atoms with van der Waals surface area (Å²) < 4.78 is 5.66. The predicted molar refractivity (Wildman–Crippen MR) is 67.2 cm³/mol. The van der Waals surface area contributed by atoms with Crippen LogP contribution in [0.3, 0.4) is 0 Å². The molecule has 2 fully saturated rings. The summed E-state index contributed by atoms with van der Waals surface area (Å²) >= 11 is 0. The Hall–Kier alpha value is -0.0800. The first-order valence-electron chi connectivity index (χ1n) is 7.13. The molecular formula is C14H27NO. The van der Waals surface area contributed by atoms with Crippen LogP contribution in [0.1, 0.15) is 45.4 Å². The van der Waals surface area contributed by atoms with Crippen LogP contribution in [0, 0.1) is 23.7 Å². The zero-order valence-electron chi connectivity index (χ0n) is 10.7. The number of hydrogen-bond acceptors (Lipinski definition) is 2. The number of nitrogens with two attached hydrogens (primary N) is 1. The quantitative estimate of drug-likeness (QED) is 0.801. The topological polar surface area (TPSA) is 35.2 Å². The van der Waals surface area contributed by atoms with Gasteiger partial charge in [-0.15, -0.1) is 0 Å². The van der Waals surface area contributed by atoms with E-state index in [0.717, 1.165) is 43.4 Å². The van der Waals surface area contributed by atoms with Gasteiger partial charge in [0.05, 0.1) is 0 Å². The first kappa shape index (κ1) is 12.4. The third kappa shape index (κ3) is 2.78. The molecule has 0 aromatic rings. The van der Waals surface area contributed by atoms with Crippen molar-refractivity contribution in [2.24, 2.45) is 29.4 Å². The normalized spacial score (nSPS) is 40.9. The lowest BCUT2D eigenvalue weighted by atomic mass is 9.67. The molecule has 16 heavy (non-hydrogen) atoms. The van der Waals surface area contributed by atoms with Crippen LogP contribution in [0.15, 0.2) is 0 Å². The molecule has 1 aliphatic carbocycles. The van der Waals surface area contributed by atoms with E-state index in [1.54, 1.807) is 0 Å². The van der Waals surface area contributed by atoms with E-state index in [1.165, 1.54) is 38.5 Å². The van der Waals surface area contributed by atoms with Crippen molar-refractivity contribution in [2.45, 2.75) is 45.4 Å². The van der Waals surface area contributed by atoms with E-state index >= 15 is 0 Å².